The number of aromatic nitrogens is 2. The van der Waals surface area contributed by atoms with Crippen molar-refractivity contribution in [3.05, 3.63) is 39.2 Å². The molecule has 1 aromatic heterocycles. The van der Waals surface area contributed by atoms with Crippen LogP contribution in [-0.4, -0.2) is 9.97 Å². The second-order valence-electron chi connectivity index (χ2n) is 4.65. The molecule has 0 unspecified atom stereocenters. The topological polar surface area (TPSA) is 28.7 Å². The molecule has 2 nitrogen and oxygen atoms in total. The highest BCUT2D eigenvalue weighted by molar-refractivity contribution is 14.1. The van der Waals surface area contributed by atoms with E-state index in [0.717, 1.165) is 34.2 Å². The number of H-pyrrole nitrogens is 1. The number of halogens is 4. The number of imidazole rings is 1. The van der Waals surface area contributed by atoms with E-state index in [-0.39, 0.29) is 0 Å². The van der Waals surface area contributed by atoms with Gasteiger partial charge in [-0.3, -0.25) is 0 Å². The van der Waals surface area contributed by atoms with Crippen LogP contribution in [0.4, 0.5) is 13.2 Å². The third-order valence-electron chi connectivity index (χ3n) is 3.16. The molecule has 0 radical (unpaired) electrons. The van der Waals surface area contributed by atoms with Gasteiger partial charge in [-0.2, -0.15) is 13.2 Å². The summed E-state index contributed by atoms with van der Waals surface area (Å²) < 4.78 is 38.9. The van der Waals surface area contributed by atoms with Gasteiger partial charge >= 0.3 is 6.18 Å². The Kier molecular flexibility index (Phi) is 3.07. The molecule has 1 aliphatic carbocycles. The van der Waals surface area contributed by atoms with Crippen molar-refractivity contribution in [1.29, 1.82) is 0 Å². The van der Waals surface area contributed by atoms with Crippen molar-refractivity contribution < 1.29 is 13.2 Å². The minimum atomic E-state index is -4.33. The number of hydrogen-bond donors (Lipinski definition) is 1. The van der Waals surface area contributed by atoms with E-state index < -0.39 is 11.7 Å². The highest BCUT2D eigenvalue weighted by Gasteiger charge is 2.31. The molecule has 1 N–H and O–H groups in total. The maximum atomic E-state index is 12.7. The van der Waals surface area contributed by atoms with Gasteiger partial charge in [-0.15, -0.1) is 0 Å². The van der Waals surface area contributed by atoms with Gasteiger partial charge in [0.2, 0.25) is 0 Å². The van der Waals surface area contributed by atoms with Gasteiger partial charge in [0, 0.05) is 26.9 Å². The summed E-state index contributed by atoms with van der Waals surface area (Å²) in [7, 11) is 0. The molecular weight excluding hydrogens is 368 g/mol. The summed E-state index contributed by atoms with van der Waals surface area (Å²) in [4.78, 5) is 7.33. The third kappa shape index (κ3) is 2.63. The van der Waals surface area contributed by atoms with E-state index in [2.05, 4.69) is 9.97 Å². The van der Waals surface area contributed by atoms with Crippen molar-refractivity contribution in [1.82, 2.24) is 9.97 Å². The molecule has 0 aliphatic heterocycles. The standard InChI is InChI=1S/C13H10F3IN2/c14-13(15,16)8-3-4-10(17)9(5-8)12-18-6-11(19-12)7-1-2-7/h3-7H,1-2H2,(H,18,19). The van der Waals surface area contributed by atoms with Crippen molar-refractivity contribution in [2.24, 2.45) is 0 Å². The van der Waals surface area contributed by atoms with Crippen molar-refractivity contribution in [3.8, 4) is 11.4 Å². The second kappa shape index (κ2) is 4.50. The third-order valence-corrected chi connectivity index (χ3v) is 4.10. The molecule has 100 valence electrons. The molecule has 1 saturated carbocycles. The van der Waals surface area contributed by atoms with E-state index in [1.807, 2.05) is 22.6 Å². The predicted molar refractivity (Wildman–Crippen MR) is 73.7 cm³/mol. The first-order chi connectivity index (χ1) is 8.95. The SMILES string of the molecule is FC(F)(F)c1ccc(I)c(-c2ncc(C3CC3)[nH]2)c1. The lowest BCUT2D eigenvalue weighted by Gasteiger charge is -2.09. The number of nitrogens with zero attached hydrogens (tertiary/aromatic N) is 1. The van der Waals surface area contributed by atoms with E-state index >= 15 is 0 Å². The Labute approximate surface area is 121 Å². The van der Waals surface area contributed by atoms with E-state index in [9.17, 15) is 13.2 Å². The van der Waals surface area contributed by atoms with Crippen LogP contribution >= 0.6 is 22.6 Å². The summed E-state index contributed by atoms with van der Waals surface area (Å²) in [5, 5.41) is 0. The van der Waals surface area contributed by atoms with Gasteiger partial charge in [-0.25, -0.2) is 4.98 Å². The van der Waals surface area contributed by atoms with E-state index in [1.54, 1.807) is 6.20 Å². The van der Waals surface area contributed by atoms with Crippen LogP contribution in [0.3, 0.4) is 0 Å². The smallest absolute Gasteiger partial charge is 0.342 e. The minimum Gasteiger partial charge on any atom is -0.342 e. The number of alkyl halides is 3. The molecule has 1 fully saturated rings. The first-order valence-corrected chi connectivity index (χ1v) is 6.95. The first kappa shape index (κ1) is 13.0. The van der Waals surface area contributed by atoms with Crippen molar-refractivity contribution in [2.75, 3.05) is 0 Å². The fourth-order valence-electron chi connectivity index (χ4n) is 1.96. The maximum absolute atomic E-state index is 12.7. The number of rotatable bonds is 2. The Hall–Kier alpha value is -1.05. The molecule has 19 heavy (non-hydrogen) atoms. The highest BCUT2D eigenvalue weighted by atomic mass is 127. The Bertz CT molecular complexity index is 615. The zero-order valence-electron chi connectivity index (χ0n) is 9.76. The van der Waals surface area contributed by atoms with Crippen LogP contribution in [0.15, 0.2) is 24.4 Å². The van der Waals surface area contributed by atoms with Gasteiger partial charge in [0.15, 0.2) is 0 Å². The second-order valence-corrected chi connectivity index (χ2v) is 5.82. The lowest BCUT2D eigenvalue weighted by Crippen LogP contribution is -2.05. The number of nitrogens with one attached hydrogen (secondary N) is 1. The quantitative estimate of drug-likeness (QED) is 0.762. The van der Waals surface area contributed by atoms with Crippen LogP contribution in [0.25, 0.3) is 11.4 Å². The van der Waals surface area contributed by atoms with Crippen LogP contribution in [-0.2, 0) is 6.18 Å². The van der Waals surface area contributed by atoms with Gasteiger partial charge in [-0.05, 0) is 53.6 Å². The molecule has 1 aliphatic rings. The van der Waals surface area contributed by atoms with Crippen LogP contribution in [0, 0.1) is 3.57 Å². The lowest BCUT2D eigenvalue weighted by molar-refractivity contribution is -0.137. The first-order valence-electron chi connectivity index (χ1n) is 5.87. The molecule has 0 atom stereocenters. The maximum Gasteiger partial charge on any atom is 0.416 e. The minimum absolute atomic E-state index is 0.502. The lowest BCUT2D eigenvalue weighted by atomic mass is 10.1. The number of benzene rings is 1. The normalized spacial score (nSPS) is 15.8. The van der Waals surface area contributed by atoms with E-state index in [1.165, 1.54) is 6.07 Å². The van der Waals surface area contributed by atoms with Crippen molar-refractivity contribution in [3.63, 3.8) is 0 Å². The van der Waals surface area contributed by atoms with Crippen molar-refractivity contribution in [2.45, 2.75) is 24.9 Å². The predicted octanol–water partition coefficient (Wildman–Crippen LogP) is 4.58. The van der Waals surface area contributed by atoms with E-state index in [4.69, 9.17) is 0 Å². The van der Waals surface area contributed by atoms with Crippen LogP contribution < -0.4 is 0 Å². The van der Waals surface area contributed by atoms with Gasteiger partial charge < -0.3 is 4.98 Å². The zero-order chi connectivity index (χ0) is 13.6. The summed E-state index contributed by atoms with van der Waals surface area (Å²) in [6.07, 6.45) is -0.350. The van der Waals surface area contributed by atoms with Gasteiger partial charge in [0.05, 0.1) is 5.56 Å². The average Bonchev–Trinajstić information content (AvgIpc) is 3.07. The molecule has 0 saturated heterocycles. The van der Waals surface area contributed by atoms with Gasteiger partial charge in [-0.1, -0.05) is 0 Å². The molecule has 2 aromatic rings. The Morgan fingerprint density at radius 2 is 2.00 bits per heavy atom. The van der Waals surface area contributed by atoms with Crippen molar-refractivity contribution >= 4 is 22.6 Å². The monoisotopic (exact) mass is 378 g/mol. The Morgan fingerprint density at radius 1 is 1.26 bits per heavy atom. The fourth-order valence-corrected chi connectivity index (χ4v) is 2.55. The molecule has 0 bridgehead atoms. The largest absolute Gasteiger partial charge is 0.416 e. The van der Waals surface area contributed by atoms with E-state index in [0.29, 0.717) is 17.3 Å². The van der Waals surface area contributed by atoms with Crippen LogP contribution in [0.5, 0.6) is 0 Å². The zero-order valence-corrected chi connectivity index (χ0v) is 11.9. The molecule has 6 heteroatoms. The molecule has 1 aromatic carbocycles. The summed E-state index contributed by atoms with van der Waals surface area (Å²) in [6, 6.07) is 3.71. The molecule has 0 amide bonds. The van der Waals surface area contributed by atoms with Crippen LogP contribution in [0.1, 0.15) is 30.0 Å². The summed E-state index contributed by atoms with van der Waals surface area (Å²) in [6.45, 7) is 0. The molecule has 3 rings (SSSR count). The molecular formula is C13H10F3IN2. The summed E-state index contributed by atoms with van der Waals surface area (Å²) in [5.41, 5.74) is 0.873. The van der Waals surface area contributed by atoms with Gasteiger partial charge in [0.25, 0.3) is 0 Å². The molecule has 1 heterocycles. The fraction of sp³-hybridized carbons (Fsp3) is 0.308. The number of hydrogen-bond acceptors (Lipinski definition) is 1. The molecule has 0 spiro atoms. The number of aromatic amines is 1. The summed E-state index contributed by atoms with van der Waals surface area (Å²) in [5.74, 6) is 1.02. The van der Waals surface area contributed by atoms with Crippen LogP contribution in [0.2, 0.25) is 0 Å². The average molecular weight is 378 g/mol. The Balaban J connectivity index is 2.02. The van der Waals surface area contributed by atoms with Gasteiger partial charge in [0.1, 0.15) is 5.82 Å². The highest BCUT2D eigenvalue weighted by Crippen LogP contribution is 2.40. The Morgan fingerprint density at radius 3 is 2.63 bits per heavy atom. The summed E-state index contributed by atoms with van der Waals surface area (Å²) >= 11 is 2.02.